The summed E-state index contributed by atoms with van der Waals surface area (Å²) in [7, 11) is 0. The molecule has 2 heteroatoms. The minimum absolute atomic E-state index is 0.463. The van der Waals surface area contributed by atoms with Crippen molar-refractivity contribution in [2.24, 2.45) is 11.8 Å². The molecule has 114 valence electrons. The lowest BCUT2D eigenvalue weighted by atomic mass is 9.93. The van der Waals surface area contributed by atoms with Crippen LogP contribution in [0.4, 0.5) is 0 Å². The van der Waals surface area contributed by atoms with Crippen LogP contribution < -0.4 is 5.32 Å². The van der Waals surface area contributed by atoms with Gasteiger partial charge in [-0.1, -0.05) is 38.5 Å². The Labute approximate surface area is 132 Å². The van der Waals surface area contributed by atoms with Gasteiger partial charge in [-0.3, -0.25) is 0 Å². The lowest BCUT2D eigenvalue weighted by Crippen LogP contribution is -2.34. The molecule has 2 aromatic rings. The summed E-state index contributed by atoms with van der Waals surface area (Å²) in [6.07, 6.45) is 4.07. The summed E-state index contributed by atoms with van der Waals surface area (Å²) in [6, 6.07) is 9.94. The van der Waals surface area contributed by atoms with E-state index in [-0.39, 0.29) is 0 Å². The molecule has 0 radical (unpaired) electrons. The van der Waals surface area contributed by atoms with Crippen LogP contribution in [0.25, 0.3) is 10.1 Å². The molecule has 0 spiro atoms. The predicted octanol–water partition coefficient (Wildman–Crippen LogP) is 5.69. The Morgan fingerprint density at radius 3 is 2.71 bits per heavy atom. The predicted molar refractivity (Wildman–Crippen MR) is 94.1 cm³/mol. The van der Waals surface area contributed by atoms with Crippen molar-refractivity contribution in [2.45, 2.75) is 59.0 Å². The van der Waals surface area contributed by atoms with Gasteiger partial charge in [-0.15, -0.1) is 11.3 Å². The van der Waals surface area contributed by atoms with Gasteiger partial charge in [0.1, 0.15) is 0 Å². The number of hydrogen-bond donors (Lipinski definition) is 1. The van der Waals surface area contributed by atoms with E-state index in [1.165, 1.54) is 39.8 Å². The molecule has 4 unspecified atom stereocenters. The monoisotopic (exact) mass is 301 g/mol. The Morgan fingerprint density at radius 1 is 1.29 bits per heavy atom. The summed E-state index contributed by atoms with van der Waals surface area (Å²) in [5.41, 5.74) is 1.47. The molecule has 1 aromatic heterocycles. The zero-order chi connectivity index (χ0) is 15.0. The highest BCUT2D eigenvalue weighted by molar-refractivity contribution is 7.19. The minimum atomic E-state index is 0.463. The molecule has 1 fully saturated rings. The first-order valence-corrected chi connectivity index (χ1v) is 9.17. The van der Waals surface area contributed by atoms with Crippen molar-refractivity contribution >= 4 is 21.4 Å². The van der Waals surface area contributed by atoms with Gasteiger partial charge in [0.25, 0.3) is 0 Å². The highest BCUT2D eigenvalue weighted by Crippen LogP contribution is 2.38. The first-order valence-electron chi connectivity index (χ1n) is 8.35. The van der Waals surface area contributed by atoms with Gasteiger partial charge < -0.3 is 5.32 Å². The van der Waals surface area contributed by atoms with Crippen LogP contribution in [0.1, 0.15) is 56.5 Å². The molecule has 1 aromatic carbocycles. The first kappa shape index (κ1) is 15.1. The Bertz CT molecular complexity index is 615. The molecular formula is C19H27NS. The second-order valence-electron chi connectivity index (χ2n) is 6.69. The van der Waals surface area contributed by atoms with E-state index in [0.717, 1.165) is 11.8 Å². The van der Waals surface area contributed by atoms with Crippen molar-refractivity contribution in [2.75, 3.05) is 0 Å². The lowest BCUT2D eigenvalue weighted by molar-refractivity contribution is 0.328. The first-order chi connectivity index (χ1) is 10.1. The van der Waals surface area contributed by atoms with Crippen LogP contribution in [-0.2, 0) is 0 Å². The summed E-state index contributed by atoms with van der Waals surface area (Å²) >= 11 is 1.96. The molecule has 1 aliphatic carbocycles. The smallest absolute Gasteiger partial charge is 0.0391 e. The summed E-state index contributed by atoms with van der Waals surface area (Å²) < 4.78 is 1.42. The van der Waals surface area contributed by atoms with Crippen molar-refractivity contribution in [3.05, 3.63) is 34.7 Å². The molecule has 1 N–H and O–H groups in total. The van der Waals surface area contributed by atoms with Gasteiger partial charge in [-0.05, 0) is 55.5 Å². The number of thiophene rings is 1. The number of nitrogens with one attached hydrogen (secondary N) is 1. The number of fused-ring (bicyclic) bond motifs is 1. The van der Waals surface area contributed by atoms with Crippen molar-refractivity contribution in [1.82, 2.24) is 5.32 Å². The maximum Gasteiger partial charge on any atom is 0.0391 e. The normalized spacial score (nSPS) is 27.3. The van der Waals surface area contributed by atoms with Crippen molar-refractivity contribution in [3.8, 4) is 0 Å². The largest absolute Gasteiger partial charge is 0.306 e. The molecule has 0 saturated heterocycles. The zero-order valence-corrected chi connectivity index (χ0v) is 14.5. The lowest BCUT2D eigenvalue weighted by Gasteiger charge is -2.25. The molecule has 1 saturated carbocycles. The van der Waals surface area contributed by atoms with Gasteiger partial charge in [0.2, 0.25) is 0 Å². The quantitative estimate of drug-likeness (QED) is 0.765. The van der Waals surface area contributed by atoms with Gasteiger partial charge >= 0.3 is 0 Å². The molecule has 1 aliphatic rings. The van der Waals surface area contributed by atoms with Gasteiger partial charge in [0.15, 0.2) is 0 Å². The van der Waals surface area contributed by atoms with E-state index >= 15 is 0 Å². The molecule has 3 rings (SSSR count). The summed E-state index contributed by atoms with van der Waals surface area (Å²) in [6.45, 7) is 9.38. The topological polar surface area (TPSA) is 12.0 Å². The van der Waals surface area contributed by atoms with Crippen LogP contribution in [0.15, 0.2) is 24.3 Å². The SMILES string of the molecule is CCC1CCC(NC(C)c2sc3ccccc3c2C)C1C. The second kappa shape index (κ2) is 6.10. The zero-order valence-electron chi connectivity index (χ0n) is 13.6. The van der Waals surface area contributed by atoms with Gasteiger partial charge in [-0.25, -0.2) is 0 Å². The van der Waals surface area contributed by atoms with E-state index < -0.39 is 0 Å². The molecule has 0 amide bonds. The van der Waals surface area contributed by atoms with E-state index in [4.69, 9.17) is 0 Å². The number of hydrogen-bond acceptors (Lipinski definition) is 2. The molecular weight excluding hydrogens is 274 g/mol. The van der Waals surface area contributed by atoms with Crippen LogP contribution in [0, 0.1) is 18.8 Å². The molecule has 0 bridgehead atoms. The maximum atomic E-state index is 3.92. The molecule has 1 heterocycles. The Morgan fingerprint density at radius 2 is 2.05 bits per heavy atom. The summed E-state index contributed by atoms with van der Waals surface area (Å²) in [5.74, 6) is 1.73. The van der Waals surface area contributed by atoms with Crippen LogP contribution in [0.2, 0.25) is 0 Å². The van der Waals surface area contributed by atoms with E-state index in [2.05, 4.69) is 57.3 Å². The second-order valence-corrected chi connectivity index (χ2v) is 7.77. The summed E-state index contributed by atoms with van der Waals surface area (Å²) in [4.78, 5) is 1.52. The van der Waals surface area contributed by atoms with Crippen LogP contribution in [0.3, 0.4) is 0 Å². The van der Waals surface area contributed by atoms with E-state index in [1.54, 1.807) is 0 Å². The number of aryl methyl sites for hydroxylation is 1. The van der Waals surface area contributed by atoms with Crippen LogP contribution in [-0.4, -0.2) is 6.04 Å². The van der Waals surface area contributed by atoms with Crippen molar-refractivity contribution in [1.29, 1.82) is 0 Å². The third kappa shape index (κ3) is 2.76. The molecule has 21 heavy (non-hydrogen) atoms. The average molecular weight is 301 g/mol. The summed E-state index contributed by atoms with van der Waals surface area (Å²) in [5, 5.41) is 5.35. The number of benzene rings is 1. The highest BCUT2D eigenvalue weighted by atomic mass is 32.1. The van der Waals surface area contributed by atoms with Gasteiger partial charge in [0, 0.05) is 21.7 Å². The fourth-order valence-electron chi connectivity index (χ4n) is 4.06. The van der Waals surface area contributed by atoms with Crippen molar-refractivity contribution in [3.63, 3.8) is 0 Å². The fraction of sp³-hybridized carbons (Fsp3) is 0.579. The van der Waals surface area contributed by atoms with Crippen LogP contribution in [0.5, 0.6) is 0 Å². The minimum Gasteiger partial charge on any atom is -0.306 e. The van der Waals surface area contributed by atoms with Crippen molar-refractivity contribution < 1.29 is 0 Å². The average Bonchev–Trinajstić information content (AvgIpc) is 3.01. The molecule has 1 nitrogen and oxygen atoms in total. The molecule has 0 aliphatic heterocycles. The maximum absolute atomic E-state index is 3.92. The Kier molecular flexibility index (Phi) is 4.37. The Hall–Kier alpha value is -0.860. The third-order valence-corrected chi connectivity index (χ3v) is 6.94. The van der Waals surface area contributed by atoms with E-state index in [9.17, 15) is 0 Å². The van der Waals surface area contributed by atoms with E-state index in [1.807, 2.05) is 11.3 Å². The number of rotatable bonds is 4. The Balaban J connectivity index is 1.78. The van der Waals surface area contributed by atoms with Crippen LogP contribution >= 0.6 is 11.3 Å². The van der Waals surface area contributed by atoms with Gasteiger partial charge in [-0.2, -0.15) is 0 Å². The molecule has 4 atom stereocenters. The highest BCUT2D eigenvalue weighted by Gasteiger charge is 2.32. The van der Waals surface area contributed by atoms with E-state index in [0.29, 0.717) is 12.1 Å². The third-order valence-electron chi connectivity index (χ3n) is 5.49. The van der Waals surface area contributed by atoms with Gasteiger partial charge in [0.05, 0.1) is 0 Å². The standard InChI is InChI=1S/C19H27NS/c1-5-15-10-11-17(12(15)2)20-14(4)19-13(3)16-8-6-7-9-18(16)21-19/h6-9,12,14-15,17,20H,5,10-11H2,1-4H3. The fourth-order valence-corrected chi connectivity index (χ4v) is 5.28.